The molecule has 3 heteroatoms. The van der Waals surface area contributed by atoms with Crippen LogP contribution < -0.4 is 0 Å². The second kappa shape index (κ2) is 1.99. The van der Waals surface area contributed by atoms with E-state index in [1.807, 2.05) is 20.8 Å². The first kappa shape index (κ1) is 6.55. The van der Waals surface area contributed by atoms with Gasteiger partial charge in [-0.05, 0) is 13.8 Å². The number of hydrogen-bond donors (Lipinski definition) is 0. The van der Waals surface area contributed by atoms with Gasteiger partial charge in [-0.3, -0.25) is 0 Å². The summed E-state index contributed by atoms with van der Waals surface area (Å²) in [6.45, 7) is 6.33. The van der Waals surface area contributed by atoms with Gasteiger partial charge in [0.05, 0.1) is 0 Å². The summed E-state index contributed by atoms with van der Waals surface area (Å²) in [4.78, 5) is 4.84. The molecule has 9 heavy (non-hydrogen) atoms. The Morgan fingerprint density at radius 2 is 2.44 bits per heavy atom. The smallest absolute Gasteiger partial charge is 0.276 e. The third-order valence-corrected chi connectivity index (χ3v) is 1.43. The fraction of sp³-hybridized carbons (Fsp3) is 0.833. The average molecular weight is 129 g/mol. The Morgan fingerprint density at radius 3 is 2.56 bits per heavy atom. The van der Waals surface area contributed by atoms with Gasteiger partial charge in [0.25, 0.3) is 5.79 Å². The van der Waals surface area contributed by atoms with Crippen LogP contribution in [0, 0.1) is 0 Å². The second-order valence-electron chi connectivity index (χ2n) is 2.15. The molecule has 0 saturated carbocycles. The molecule has 0 saturated heterocycles. The predicted molar refractivity (Wildman–Crippen MR) is 34.2 cm³/mol. The van der Waals surface area contributed by atoms with E-state index in [-0.39, 0.29) is 0 Å². The Bertz CT molecular complexity index is 144. The maximum Gasteiger partial charge on any atom is 0.276 e. The molecule has 0 amide bonds. The van der Waals surface area contributed by atoms with Crippen molar-refractivity contribution in [3.63, 3.8) is 0 Å². The number of oxime groups is 1. The molecule has 1 heterocycles. The molecule has 1 atom stereocenters. The minimum Gasteiger partial charge on any atom is -0.354 e. The van der Waals surface area contributed by atoms with Crippen molar-refractivity contribution < 1.29 is 9.57 Å². The summed E-state index contributed by atoms with van der Waals surface area (Å²) >= 11 is 0. The van der Waals surface area contributed by atoms with E-state index in [4.69, 9.17) is 9.57 Å². The van der Waals surface area contributed by atoms with Crippen LogP contribution in [0.15, 0.2) is 5.16 Å². The molecule has 1 aliphatic rings. The van der Waals surface area contributed by atoms with Crippen molar-refractivity contribution in [2.45, 2.75) is 26.6 Å². The molecule has 0 fully saturated rings. The highest BCUT2D eigenvalue weighted by Gasteiger charge is 2.38. The normalized spacial score (nSPS) is 32.6. The highest BCUT2D eigenvalue weighted by Crippen LogP contribution is 2.23. The largest absolute Gasteiger partial charge is 0.354 e. The van der Waals surface area contributed by atoms with Crippen molar-refractivity contribution >= 4 is 5.71 Å². The van der Waals surface area contributed by atoms with Crippen LogP contribution in [0.1, 0.15) is 20.8 Å². The number of nitrogens with zero attached hydrogens (tertiary/aromatic N) is 1. The van der Waals surface area contributed by atoms with Crippen molar-refractivity contribution in [1.29, 1.82) is 0 Å². The van der Waals surface area contributed by atoms with Gasteiger partial charge in [0.15, 0.2) is 0 Å². The van der Waals surface area contributed by atoms with Crippen LogP contribution >= 0.6 is 0 Å². The summed E-state index contributed by atoms with van der Waals surface area (Å²) in [7, 11) is 0. The van der Waals surface area contributed by atoms with Gasteiger partial charge in [-0.2, -0.15) is 0 Å². The predicted octanol–water partition coefficient (Wildman–Crippen LogP) is 1.15. The summed E-state index contributed by atoms with van der Waals surface area (Å²) in [6, 6.07) is 0. The van der Waals surface area contributed by atoms with E-state index in [9.17, 15) is 0 Å². The highest BCUT2D eigenvalue weighted by molar-refractivity contribution is 5.90. The van der Waals surface area contributed by atoms with E-state index in [1.54, 1.807) is 0 Å². The molecular weight excluding hydrogens is 118 g/mol. The minimum atomic E-state index is -0.519. The van der Waals surface area contributed by atoms with Crippen molar-refractivity contribution in [3.8, 4) is 0 Å². The molecular formula is C6H11NO2. The number of rotatable bonds is 2. The molecule has 0 aromatic heterocycles. The number of hydrogen-bond acceptors (Lipinski definition) is 3. The van der Waals surface area contributed by atoms with Gasteiger partial charge in [0, 0.05) is 13.5 Å². The van der Waals surface area contributed by atoms with Gasteiger partial charge in [-0.15, -0.1) is 0 Å². The first-order valence-electron chi connectivity index (χ1n) is 3.06. The molecule has 1 unspecified atom stereocenters. The number of ether oxygens (including phenoxy) is 1. The van der Waals surface area contributed by atoms with Crippen molar-refractivity contribution in [2.75, 3.05) is 6.61 Å². The molecule has 0 aromatic rings. The van der Waals surface area contributed by atoms with Crippen molar-refractivity contribution in [1.82, 2.24) is 0 Å². The van der Waals surface area contributed by atoms with E-state index in [0.717, 1.165) is 5.71 Å². The standard InChI is InChI=1S/C6H11NO2/c1-4-8-6(3)5(2)7-9-6/h4H2,1-3H3. The van der Waals surface area contributed by atoms with E-state index < -0.39 is 5.79 Å². The molecule has 0 N–H and O–H groups in total. The Labute approximate surface area is 54.6 Å². The molecule has 1 aliphatic heterocycles. The van der Waals surface area contributed by atoms with Gasteiger partial charge in [0.1, 0.15) is 5.71 Å². The fourth-order valence-corrected chi connectivity index (χ4v) is 0.672. The zero-order chi connectivity index (χ0) is 6.91. The van der Waals surface area contributed by atoms with Gasteiger partial charge in [-0.1, -0.05) is 5.16 Å². The van der Waals surface area contributed by atoms with Crippen LogP contribution in [0.4, 0.5) is 0 Å². The van der Waals surface area contributed by atoms with Gasteiger partial charge in [0.2, 0.25) is 0 Å². The first-order valence-corrected chi connectivity index (χ1v) is 3.06. The lowest BCUT2D eigenvalue weighted by Crippen LogP contribution is -2.45. The van der Waals surface area contributed by atoms with Crippen LogP contribution in [0.25, 0.3) is 0 Å². The zero-order valence-electron chi connectivity index (χ0n) is 5.97. The Morgan fingerprint density at radius 1 is 1.78 bits per heavy atom. The quantitative estimate of drug-likeness (QED) is 0.559. The van der Waals surface area contributed by atoms with E-state index in [2.05, 4.69) is 5.16 Å². The topological polar surface area (TPSA) is 30.8 Å². The monoisotopic (exact) mass is 129 g/mol. The summed E-state index contributed by atoms with van der Waals surface area (Å²) in [5.74, 6) is -0.519. The third-order valence-electron chi connectivity index (χ3n) is 1.43. The summed E-state index contributed by atoms with van der Waals surface area (Å²) in [6.07, 6.45) is 0. The lowest BCUT2D eigenvalue weighted by molar-refractivity contribution is -0.205. The van der Waals surface area contributed by atoms with Gasteiger partial charge in [-0.25, -0.2) is 0 Å². The van der Waals surface area contributed by atoms with Crippen LogP contribution in [0.3, 0.4) is 0 Å². The lowest BCUT2D eigenvalue weighted by atomic mass is 10.2. The molecule has 0 radical (unpaired) electrons. The van der Waals surface area contributed by atoms with Gasteiger partial charge >= 0.3 is 0 Å². The Kier molecular flexibility index (Phi) is 1.45. The SMILES string of the molecule is CCOC1(C)ON=C1C. The zero-order valence-corrected chi connectivity index (χ0v) is 5.97. The molecule has 3 nitrogen and oxygen atoms in total. The second-order valence-corrected chi connectivity index (χ2v) is 2.15. The third kappa shape index (κ3) is 0.920. The first-order chi connectivity index (χ1) is 4.19. The van der Waals surface area contributed by atoms with E-state index in [0.29, 0.717) is 6.61 Å². The molecule has 0 bridgehead atoms. The van der Waals surface area contributed by atoms with Crippen LogP contribution in [0.2, 0.25) is 0 Å². The van der Waals surface area contributed by atoms with Crippen molar-refractivity contribution in [3.05, 3.63) is 0 Å². The maximum atomic E-state index is 5.22. The fourth-order valence-electron chi connectivity index (χ4n) is 0.672. The average Bonchev–Trinajstić information content (AvgIpc) is 1.86. The maximum absolute atomic E-state index is 5.22. The Hall–Kier alpha value is -0.570. The molecule has 0 aliphatic carbocycles. The molecule has 1 rings (SSSR count). The van der Waals surface area contributed by atoms with E-state index >= 15 is 0 Å². The lowest BCUT2D eigenvalue weighted by Gasteiger charge is -2.32. The van der Waals surface area contributed by atoms with Crippen LogP contribution in [-0.2, 0) is 9.57 Å². The molecule has 0 spiro atoms. The summed E-state index contributed by atoms with van der Waals surface area (Å²) < 4.78 is 5.22. The molecule has 52 valence electrons. The minimum absolute atomic E-state index is 0.519. The van der Waals surface area contributed by atoms with Crippen LogP contribution in [0.5, 0.6) is 0 Å². The summed E-state index contributed by atoms with van der Waals surface area (Å²) in [5.41, 5.74) is 0.907. The summed E-state index contributed by atoms with van der Waals surface area (Å²) in [5, 5.41) is 3.63. The molecule has 0 aromatic carbocycles. The van der Waals surface area contributed by atoms with E-state index in [1.165, 1.54) is 0 Å². The highest BCUT2D eigenvalue weighted by atomic mass is 16.8. The van der Waals surface area contributed by atoms with Gasteiger partial charge < -0.3 is 9.57 Å². The Balaban J connectivity index is 2.48. The van der Waals surface area contributed by atoms with Crippen LogP contribution in [-0.4, -0.2) is 18.1 Å². The van der Waals surface area contributed by atoms with Crippen molar-refractivity contribution in [2.24, 2.45) is 5.16 Å².